The summed E-state index contributed by atoms with van der Waals surface area (Å²) in [6.07, 6.45) is 5.05. The van der Waals surface area contributed by atoms with Gasteiger partial charge in [-0.1, -0.05) is 0 Å². The van der Waals surface area contributed by atoms with Gasteiger partial charge in [0.25, 0.3) is 14.2 Å². The Bertz CT molecular complexity index is 550. The highest BCUT2D eigenvalue weighted by molar-refractivity contribution is 8.13. The van der Waals surface area contributed by atoms with Crippen LogP contribution in [0.4, 0.5) is 0 Å². The second-order valence-corrected chi connectivity index (χ2v) is 7.79. The van der Waals surface area contributed by atoms with Gasteiger partial charge in [-0.25, -0.2) is 8.42 Å². The van der Waals surface area contributed by atoms with Crippen molar-refractivity contribution in [1.29, 1.82) is 0 Å². The Morgan fingerprint density at radius 1 is 1.40 bits per heavy atom. The summed E-state index contributed by atoms with van der Waals surface area (Å²) < 4.78 is 30.3. The molecule has 6 nitrogen and oxygen atoms in total. The molecule has 1 aliphatic rings. The molecule has 0 bridgehead atoms. The molecule has 2 rings (SSSR count). The number of halogens is 1. The van der Waals surface area contributed by atoms with Crippen molar-refractivity contribution in [3.8, 4) is 0 Å². The summed E-state index contributed by atoms with van der Waals surface area (Å²) in [6, 6.07) is -0.0594. The van der Waals surface area contributed by atoms with Gasteiger partial charge >= 0.3 is 0 Å². The van der Waals surface area contributed by atoms with Crippen LogP contribution in [0, 0.1) is 0 Å². The number of aromatic nitrogens is 3. The number of rotatable bonds is 5. The summed E-state index contributed by atoms with van der Waals surface area (Å²) in [4.78, 5) is 0. The molecule has 1 aromatic rings. The Morgan fingerprint density at radius 2 is 2.15 bits per heavy atom. The molecule has 0 N–H and O–H groups in total. The Kier molecular flexibility index (Phi) is 5.04. The second kappa shape index (κ2) is 6.41. The highest BCUT2D eigenvalue weighted by Gasteiger charge is 2.25. The third-order valence-corrected chi connectivity index (χ3v) is 4.56. The van der Waals surface area contributed by atoms with Gasteiger partial charge in [-0.05, 0) is 39.5 Å². The molecule has 1 unspecified atom stereocenters. The van der Waals surface area contributed by atoms with Gasteiger partial charge in [0.2, 0.25) is 0 Å². The summed E-state index contributed by atoms with van der Waals surface area (Å²) in [5, 5.41) is 7.53. The smallest absolute Gasteiger partial charge is 0.296 e. The summed E-state index contributed by atoms with van der Waals surface area (Å²) in [7, 11) is 1.52. The Balaban J connectivity index is 2.13. The minimum absolute atomic E-state index is 0.0594. The molecule has 0 amide bonds. The predicted molar refractivity (Wildman–Crippen MR) is 75.4 cm³/mol. The molecule has 1 aliphatic heterocycles. The van der Waals surface area contributed by atoms with Gasteiger partial charge in [-0.2, -0.15) is 0 Å². The van der Waals surface area contributed by atoms with Crippen molar-refractivity contribution in [2.24, 2.45) is 0 Å². The molecule has 8 heteroatoms. The van der Waals surface area contributed by atoms with E-state index in [4.69, 9.17) is 15.4 Å². The van der Waals surface area contributed by atoms with Crippen molar-refractivity contribution in [1.82, 2.24) is 14.8 Å². The van der Waals surface area contributed by atoms with Gasteiger partial charge in [0.05, 0.1) is 6.10 Å². The van der Waals surface area contributed by atoms with Crippen LogP contribution in [0.3, 0.4) is 0 Å². The fraction of sp³-hybridized carbons (Fsp3) is 0.833. The van der Waals surface area contributed by atoms with E-state index in [-0.39, 0.29) is 17.3 Å². The first-order valence-electron chi connectivity index (χ1n) is 6.89. The molecule has 1 aromatic heterocycles. The van der Waals surface area contributed by atoms with E-state index in [1.807, 2.05) is 13.8 Å². The Morgan fingerprint density at radius 3 is 2.70 bits per heavy atom. The first-order chi connectivity index (χ1) is 9.39. The Hall–Kier alpha value is -0.660. The van der Waals surface area contributed by atoms with Crippen molar-refractivity contribution < 1.29 is 13.2 Å². The SMILES string of the molecule is CC(C)n1c(CCC2CCCCO2)nnc1S(=O)(=O)Cl. The average Bonchev–Trinajstić information content (AvgIpc) is 2.81. The quantitative estimate of drug-likeness (QED) is 0.778. The van der Waals surface area contributed by atoms with Gasteiger partial charge in [0, 0.05) is 29.8 Å². The zero-order valence-electron chi connectivity index (χ0n) is 11.7. The minimum Gasteiger partial charge on any atom is -0.378 e. The van der Waals surface area contributed by atoms with Crippen LogP contribution in [0.1, 0.15) is 51.4 Å². The normalized spacial score (nSPS) is 20.5. The first kappa shape index (κ1) is 15.7. The molecule has 114 valence electrons. The summed E-state index contributed by atoms with van der Waals surface area (Å²) in [5.74, 6) is 0.647. The largest absolute Gasteiger partial charge is 0.378 e. The van der Waals surface area contributed by atoms with Gasteiger partial charge in [-0.3, -0.25) is 4.57 Å². The molecular formula is C12H20ClN3O3S. The van der Waals surface area contributed by atoms with Crippen LogP contribution >= 0.6 is 10.7 Å². The van der Waals surface area contributed by atoms with Crippen LogP contribution in [0.15, 0.2) is 5.16 Å². The summed E-state index contributed by atoms with van der Waals surface area (Å²) in [6.45, 7) is 4.58. The Labute approximate surface area is 123 Å². The number of nitrogens with zero attached hydrogens (tertiary/aromatic N) is 3. The molecule has 0 spiro atoms. The number of hydrogen-bond donors (Lipinski definition) is 0. The van der Waals surface area contributed by atoms with Gasteiger partial charge in [0.1, 0.15) is 5.82 Å². The van der Waals surface area contributed by atoms with Crippen LogP contribution in [0.5, 0.6) is 0 Å². The predicted octanol–water partition coefficient (Wildman–Crippen LogP) is 2.29. The van der Waals surface area contributed by atoms with E-state index >= 15 is 0 Å². The molecule has 0 aromatic carbocycles. The minimum atomic E-state index is -3.87. The monoisotopic (exact) mass is 321 g/mol. The second-order valence-electron chi connectivity index (χ2n) is 5.33. The molecule has 1 atom stereocenters. The van der Waals surface area contributed by atoms with E-state index < -0.39 is 9.05 Å². The maximum atomic E-state index is 11.5. The van der Waals surface area contributed by atoms with Crippen LogP contribution in [-0.4, -0.2) is 35.9 Å². The van der Waals surface area contributed by atoms with E-state index in [0.29, 0.717) is 12.2 Å². The lowest BCUT2D eigenvalue weighted by molar-refractivity contribution is 0.0110. The lowest BCUT2D eigenvalue weighted by Gasteiger charge is -2.22. The van der Waals surface area contributed by atoms with E-state index in [0.717, 1.165) is 25.9 Å². The van der Waals surface area contributed by atoms with Crippen LogP contribution in [-0.2, 0) is 20.2 Å². The first-order valence-corrected chi connectivity index (χ1v) is 9.20. The van der Waals surface area contributed by atoms with Crippen LogP contribution in [0.25, 0.3) is 0 Å². The standard InChI is InChI=1S/C12H20ClN3O3S/c1-9(2)16-11(14-15-12(16)20(13,17)18)7-6-10-5-3-4-8-19-10/h9-10H,3-8H2,1-2H3. The van der Waals surface area contributed by atoms with E-state index in [1.165, 1.54) is 6.42 Å². The molecule has 0 radical (unpaired) electrons. The average molecular weight is 322 g/mol. The molecule has 1 saturated heterocycles. The topological polar surface area (TPSA) is 74.1 Å². The van der Waals surface area contributed by atoms with Crippen molar-refractivity contribution in [2.45, 2.75) is 63.3 Å². The lowest BCUT2D eigenvalue weighted by Crippen LogP contribution is -2.20. The third kappa shape index (κ3) is 3.71. The highest BCUT2D eigenvalue weighted by Crippen LogP contribution is 2.22. The lowest BCUT2D eigenvalue weighted by atomic mass is 10.0. The van der Waals surface area contributed by atoms with Gasteiger partial charge in [-0.15, -0.1) is 10.2 Å². The van der Waals surface area contributed by atoms with Crippen molar-refractivity contribution in [2.75, 3.05) is 6.61 Å². The van der Waals surface area contributed by atoms with E-state index in [2.05, 4.69) is 10.2 Å². The number of aryl methyl sites for hydroxylation is 1. The molecule has 0 aliphatic carbocycles. The molecule has 1 fully saturated rings. The zero-order valence-corrected chi connectivity index (χ0v) is 13.3. The van der Waals surface area contributed by atoms with Gasteiger partial charge < -0.3 is 4.74 Å². The summed E-state index contributed by atoms with van der Waals surface area (Å²) >= 11 is 0. The molecular weight excluding hydrogens is 302 g/mol. The maximum Gasteiger partial charge on any atom is 0.296 e. The van der Waals surface area contributed by atoms with Crippen molar-refractivity contribution in [3.63, 3.8) is 0 Å². The van der Waals surface area contributed by atoms with Crippen LogP contribution in [0.2, 0.25) is 0 Å². The fourth-order valence-corrected chi connectivity index (χ4v) is 3.49. The molecule has 20 heavy (non-hydrogen) atoms. The maximum absolute atomic E-state index is 11.5. The van der Waals surface area contributed by atoms with E-state index in [1.54, 1.807) is 4.57 Å². The summed E-state index contributed by atoms with van der Waals surface area (Å²) in [5.41, 5.74) is 0. The van der Waals surface area contributed by atoms with Gasteiger partial charge in [0.15, 0.2) is 0 Å². The van der Waals surface area contributed by atoms with E-state index in [9.17, 15) is 8.42 Å². The highest BCUT2D eigenvalue weighted by atomic mass is 35.7. The van der Waals surface area contributed by atoms with Crippen molar-refractivity contribution >= 4 is 19.7 Å². The number of hydrogen-bond acceptors (Lipinski definition) is 5. The van der Waals surface area contributed by atoms with Crippen molar-refractivity contribution in [3.05, 3.63) is 5.82 Å². The molecule has 0 saturated carbocycles. The third-order valence-electron chi connectivity index (χ3n) is 3.43. The number of ether oxygens (including phenoxy) is 1. The fourth-order valence-electron chi connectivity index (χ4n) is 2.49. The molecule has 2 heterocycles. The van der Waals surface area contributed by atoms with Crippen LogP contribution < -0.4 is 0 Å². The zero-order chi connectivity index (χ0) is 14.8.